The van der Waals surface area contributed by atoms with Crippen LogP contribution < -0.4 is 4.74 Å². The Bertz CT molecular complexity index is 463. The molecule has 1 aromatic heterocycles. The summed E-state index contributed by atoms with van der Waals surface area (Å²) >= 11 is 0. The van der Waals surface area contributed by atoms with E-state index in [1.807, 2.05) is 30.3 Å². The van der Waals surface area contributed by atoms with Gasteiger partial charge in [-0.1, -0.05) is 6.92 Å². The van der Waals surface area contributed by atoms with Crippen LogP contribution in [0.5, 0.6) is 5.75 Å². The van der Waals surface area contributed by atoms with Gasteiger partial charge < -0.3 is 9.84 Å². The molecule has 1 aromatic carbocycles. The van der Waals surface area contributed by atoms with Crippen molar-refractivity contribution in [2.24, 2.45) is 0 Å². The Labute approximate surface area is 100 Å². The minimum absolute atomic E-state index is 0.0231. The van der Waals surface area contributed by atoms with E-state index in [-0.39, 0.29) is 6.61 Å². The second-order valence-corrected chi connectivity index (χ2v) is 3.81. The molecule has 0 bridgehead atoms. The van der Waals surface area contributed by atoms with E-state index < -0.39 is 0 Å². The molecule has 0 saturated heterocycles. The van der Waals surface area contributed by atoms with Gasteiger partial charge in [0.2, 0.25) is 0 Å². The number of aromatic amines is 1. The highest BCUT2D eigenvalue weighted by molar-refractivity contribution is 5.60. The molecule has 0 amide bonds. The van der Waals surface area contributed by atoms with Crippen molar-refractivity contribution in [2.45, 2.75) is 20.0 Å². The van der Waals surface area contributed by atoms with Gasteiger partial charge in [-0.3, -0.25) is 5.10 Å². The molecule has 1 heterocycles. The molecular weight excluding hydrogens is 216 g/mol. The van der Waals surface area contributed by atoms with Crippen LogP contribution in [0.3, 0.4) is 0 Å². The van der Waals surface area contributed by atoms with Crippen molar-refractivity contribution in [1.29, 1.82) is 0 Å². The van der Waals surface area contributed by atoms with E-state index in [9.17, 15) is 0 Å². The van der Waals surface area contributed by atoms with E-state index in [4.69, 9.17) is 9.84 Å². The molecule has 0 aliphatic heterocycles. The van der Waals surface area contributed by atoms with Crippen molar-refractivity contribution >= 4 is 0 Å². The standard InChI is InChI=1S/C13H16N2O2/c1-2-7-17-12-5-3-10(4-6-12)13-8-11(9-16)14-15-13/h3-6,8,16H,2,7,9H2,1H3,(H,14,15). The van der Waals surface area contributed by atoms with Crippen molar-refractivity contribution in [3.63, 3.8) is 0 Å². The van der Waals surface area contributed by atoms with Crippen LogP contribution in [0.2, 0.25) is 0 Å². The molecule has 2 aromatic rings. The van der Waals surface area contributed by atoms with Gasteiger partial charge in [0, 0.05) is 5.56 Å². The van der Waals surface area contributed by atoms with Crippen molar-refractivity contribution in [3.05, 3.63) is 36.0 Å². The van der Waals surface area contributed by atoms with Gasteiger partial charge in [-0.25, -0.2) is 0 Å². The van der Waals surface area contributed by atoms with Crippen molar-refractivity contribution < 1.29 is 9.84 Å². The third-order valence-electron chi connectivity index (χ3n) is 2.42. The monoisotopic (exact) mass is 232 g/mol. The maximum absolute atomic E-state index is 8.95. The number of rotatable bonds is 5. The lowest BCUT2D eigenvalue weighted by molar-refractivity contribution is 0.276. The van der Waals surface area contributed by atoms with Gasteiger partial charge in [-0.15, -0.1) is 0 Å². The molecule has 2 N–H and O–H groups in total. The molecule has 0 aliphatic carbocycles. The summed E-state index contributed by atoms with van der Waals surface area (Å²) in [7, 11) is 0. The molecule has 0 radical (unpaired) electrons. The van der Waals surface area contributed by atoms with Crippen LogP contribution in [0, 0.1) is 0 Å². The summed E-state index contributed by atoms with van der Waals surface area (Å²) in [5.41, 5.74) is 2.55. The lowest BCUT2D eigenvalue weighted by Crippen LogP contribution is -1.94. The lowest BCUT2D eigenvalue weighted by Gasteiger charge is -2.04. The molecule has 0 atom stereocenters. The van der Waals surface area contributed by atoms with E-state index in [2.05, 4.69) is 17.1 Å². The fraction of sp³-hybridized carbons (Fsp3) is 0.308. The van der Waals surface area contributed by atoms with Crippen LogP contribution in [0.25, 0.3) is 11.3 Å². The summed E-state index contributed by atoms with van der Waals surface area (Å²) in [6, 6.07) is 9.61. The molecule has 0 fully saturated rings. The number of aliphatic hydroxyl groups excluding tert-OH is 1. The number of hydrogen-bond donors (Lipinski definition) is 2. The number of ether oxygens (including phenoxy) is 1. The molecule has 90 valence electrons. The van der Waals surface area contributed by atoms with Gasteiger partial charge in [-0.2, -0.15) is 5.10 Å². The number of aliphatic hydroxyl groups is 1. The van der Waals surface area contributed by atoms with Crippen LogP contribution >= 0.6 is 0 Å². The summed E-state index contributed by atoms with van der Waals surface area (Å²) in [6.07, 6.45) is 1.00. The first-order valence-electron chi connectivity index (χ1n) is 5.72. The van der Waals surface area contributed by atoms with Crippen LogP contribution in [0.1, 0.15) is 19.0 Å². The topological polar surface area (TPSA) is 58.1 Å². The van der Waals surface area contributed by atoms with Crippen molar-refractivity contribution in [2.75, 3.05) is 6.61 Å². The number of nitrogens with zero attached hydrogens (tertiary/aromatic N) is 1. The smallest absolute Gasteiger partial charge is 0.119 e. The third-order valence-corrected chi connectivity index (χ3v) is 2.42. The summed E-state index contributed by atoms with van der Waals surface area (Å²) in [6.45, 7) is 2.79. The van der Waals surface area contributed by atoms with Crippen LogP contribution in [0.15, 0.2) is 30.3 Å². The van der Waals surface area contributed by atoms with Gasteiger partial charge in [0.05, 0.1) is 24.6 Å². The molecule has 0 spiro atoms. The largest absolute Gasteiger partial charge is 0.494 e. The Balaban J connectivity index is 2.11. The molecule has 0 aliphatic rings. The Morgan fingerprint density at radius 2 is 2.06 bits per heavy atom. The number of H-pyrrole nitrogens is 1. The minimum Gasteiger partial charge on any atom is -0.494 e. The van der Waals surface area contributed by atoms with E-state index in [0.717, 1.165) is 30.0 Å². The molecule has 4 nitrogen and oxygen atoms in total. The summed E-state index contributed by atoms with van der Waals surface area (Å²) in [5, 5.41) is 15.8. The molecule has 2 rings (SSSR count). The number of nitrogens with one attached hydrogen (secondary N) is 1. The highest BCUT2D eigenvalue weighted by Crippen LogP contribution is 2.21. The van der Waals surface area contributed by atoms with Crippen LogP contribution in [-0.2, 0) is 6.61 Å². The Morgan fingerprint density at radius 3 is 2.65 bits per heavy atom. The number of aromatic nitrogens is 2. The van der Waals surface area contributed by atoms with Gasteiger partial charge in [0.15, 0.2) is 0 Å². The lowest BCUT2D eigenvalue weighted by atomic mass is 10.1. The van der Waals surface area contributed by atoms with Crippen molar-refractivity contribution in [3.8, 4) is 17.0 Å². The first-order chi connectivity index (χ1) is 8.33. The third kappa shape index (κ3) is 2.85. The zero-order valence-corrected chi connectivity index (χ0v) is 9.81. The zero-order valence-electron chi connectivity index (χ0n) is 9.81. The SMILES string of the molecule is CCCOc1ccc(-c2cc(CO)[nH]n2)cc1. The summed E-state index contributed by atoms with van der Waals surface area (Å²) in [5.74, 6) is 0.869. The number of hydrogen-bond acceptors (Lipinski definition) is 3. The molecule has 0 saturated carbocycles. The van der Waals surface area contributed by atoms with Gasteiger partial charge in [0.1, 0.15) is 5.75 Å². The van der Waals surface area contributed by atoms with E-state index >= 15 is 0 Å². The van der Waals surface area contributed by atoms with E-state index in [1.165, 1.54) is 0 Å². The minimum atomic E-state index is -0.0231. The second-order valence-electron chi connectivity index (χ2n) is 3.81. The van der Waals surface area contributed by atoms with E-state index in [1.54, 1.807) is 0 Å². The van der Waals surface area contributed by atoms with Gasteiger partial charge >= 0.3 is 0 Å². The maximum Gasteiger partial charge on any atom is 0.119 e. The molecule has 0 unspecified atom stereocenters. The van der Waals surface area contributed by atoms with Gasteiger partial charge in [-0.05, 0) is 36.8 Å². The number of benzene rings is 1. The zero-order chi connectivity index (χ0) is 12.1. The van der Waals surface area contributed by atoms with Crippen LogP contribution in [-0.4, -0.2) is 21.9 Å². The fourth-order valence-corrected chi connectivity index (χ4v) is 1.53. The quantitative estimate of drug-likeness (QED) is 0.832. The highest BCUT2D eigenvalue weighted by Gasteiger charge is 2.03. The van der Waals surface area contributed by atoms with Crippen molar-refractivity contribution in [1.82, 2.24) is 10.2 Å². The van der Waals surface area contributed by atoms with Gasteiger partial charge in [0.25, 0.3) is 0 Å². The average Bonchev–Trinajstić information content (AvgIpc) is 2.86. The predicted octanol–water partition coefficient (Wildman–Crippen LogP) is 2.36. The average molecular weight is 232 g/mol. The molecule has 17 heavy (non-hydrogen) atoms. The first kappa shape index (κ1) is 11.7. The fourth-order valence-electron chi connectivity index (χ4n) is 1.53. The first-order valence-corrected chi connectivity index (χ1v) is 5.72. The summed E-state index contributed by atoms with van der Waals surface area (Å²) in [4.78, 5) is 0. The Kier molecular flexibility index (Phi) is 3.77. The van der Waals surface area contributed by atoms with Crippen LogP contribution in [0.4, 0.5) is 0 Å². The maximum atomic E-state index is 8.95. The highest BCUT2D eigenvalue weighted by atomic mass is 16.5. The summed E-state index contributed by atoms with van der Waals surface area (Å²) < 4.78 is 5.50. The Hall–Kier alpha value is -1.81. The molecule has 4 heteroatoms. The molecular formula is C13H16N2O2. The predicted molar refractivity (Wildman–Crippen MR) is 65.7 cm³/mol. The van der Waals surface area contributed by atoms with E-state index in [0.29, 0.717) is 5.69 Å². The Morgan fingerprint density at radius 1 is 1.29 bits per heavy atom. The second kappa shape index (κ2) is 5.50. The normalized spacial score (nSPS) is 10.5.